The molecular formula is C29H31N3O5S. The summed E-state index contributed by atoms with van der Waals surface area (Å²) in [5.41, 5.74) is 7.21. The maximum Gasteiger partial charge on any atom is 0.303 e. The standard InChI is InChI=1S/C29H31N3O5S/c1-17-27(38-16-31-17)20-7-5-18(6-8-20)14-30-28(36)25-13-23(33)15-32(25)29(37)22-10-9-19-3-2-4-21(12-26(34)35)24(19)11-22/h5-11,16,21,23,25,33H,2-4,12-15H2,1H3,(H,30,36)(H,34,35)/t21?,23-,25+/m1/s1. The van der Waals surface area contributed by atoms with Crippen molar-refractivity contribution in [2.45, 2.75) is 63.6 Å². The summed E-state index contributed by atoms with van der Waals surface area (Å²) in [4.78, 5) is 44.8. The lowest BCUT2D eigenvalue weighted by Gasteiger charge is -2.27. The van der Waals surface area contributed by atoms with Crippen LogP contribution in [0.15, 0.2) is 48.0 Å². The van der Waals surface area contributed by atoms with Gasteiger partial charge in [0.15, 0.2) is 0 Å². The summed E-state index contributed by atoms with van der Waals surface area (Å²) in [6.07, 6.45) is 1.98. The molecule has 5 rings (SSSR count). The second-order valence-electron chi connectivity index (χ2n) is 10.1. The average Bonchev–Trinajstić information content (AvgIpc) is 3.52. The number of nitrogens with zero attached hydrogens (tertiary/aromatic N) is 2. The first-order valence-corrected chi connectivity index (χ1v) is 13.8. The smallest absolute Gasteiger partial charge is 0.303 e. The van der Waals surface area contributed by atoms with Crippen LogP contribution in [0.2, 0.25) is 0 Å². The third-order valence-corrected chi connectivity index (χ3v) is 8.50. The third kappa shape index (κ3) is 5.49. The first kappa shape index (κ1) is 26.1. The highest BCUT2D eigenvalue weighted by Crippen LogP contribution is 2.35. The number of aliphatic hydroxyl groups is 1. The molecule has 1 aromatic heterocycles. The van der Waals surface area contributed by atoms with Crippen LogP contribution in [-0.2, 0) is 22.6 Å². The lowest BCUT2D eigenvalue weighted by molar-refractivity contribution is -0.137. The molecule has 2 aliphatic rings. The number of carbonyl (C=O) groups is 3. The monoisotopic (exact) mass is 533 g/mol. The van der Waals surface area contributed by atoms with Gasteiger partial charge in [-0.1, -0.05) is 30.3 Å². The van der Waals surface area contributed by atoms with Crippen molar-refractivity contribution in [3.05, 3.63) is 75.9 Å². The zero-order chi connectivity index (χ0) is 26.8. The van der Waals surface area contributed by atoms with Crippen molar-refractivity contribution in [1.29, 1.82) is 0 Å². The zero-order valence-corrected chi connectivity index (χ0v) is 22.0. The molecule has 1 fully saturated rings. The molecule has 2 aromatic carbocycles. The number of aliphatic carboxylic acids is 1. The fourth-order valence-electron chi connectivity index (χ4n) is 5.57. The van der Waals surface area contributed by atoms with Crippen LogP contribution in [0, 0.1) is 6.92 Å². The molecule has 0 bridgehead atoms. The maximum atomic E-state index is 13.5. The molecule has 1 aliphatic heterocycles. The molecule has 1 saturated heterocycles. The second kappa shape index (κ2) is 11.0. The second-order valence-corrected chi connectivity index (χ2v) is 11.0. The van der Waals surface area contributed by atoms with Gasteiger partial charge in [-0.15, -0.1) is 11.3 Å². The molecule has 3 atom stereocenters. The van der Waals surface area contributed by atoms with E-state index in [-0.39, 0.29) is 37.1 Å². The SMILES string of the molecule is Cc1ncsc1-c1ccc(CNC(=O)[C@@H]2C[C@@H](O)CN2C(=O)c2ccc3c(c2)C(CC(=O)O)CCC3)cc1. The zero-order valence-electron chi connectivity index (χ0n) is 21.2. The van der Waals surface area contributed by atoms with Gasteiger partial charge in [0.1, 0.15) is 6.04 Å². The summed E-state index contributed by atoms with van der Waals surface area (Å²) in [7, 11) is 0. The topological polar surface area (TPSA) is 120 Å². The predicted molar refractivity (Wildman–Crippen MR) is 144 cm³/mol. The molecule has 3 aromatic rings. The van der Waals surface area contributed by atoms with E-state index in [1.54, 1.807) is 23.5 Å². The minimum atomic E-state index is -0.854. The van der Waals surface area contributed by atoms with Crippen LogP contribution in [0.25, 0.3) is 10.4 Å². The highest BCUT2D eigenvalue weighted by Gasteiger charge is 2.39. The fraction of sp³-hybridized carbons (Fsp3) is 0.379. The number of carboxylic acids is 1. The first-order valence-electron chi connectivity index (χ1n) is 12.9. The van der Waals surface area contributed by atoms with E-state index in [0.717, 1.165) is 52.1 Å². The molecule has 0 radical (unpaired) electrons. The lowest BCUT2D eigenvalue weighted by Crippen LogP contribution is -2.45. The molecule has 2 amide bonds. The number of aryl methyl sites for hydroxylation is 2. The van der Waals surface area contributed by atoms with Gasteiger partial charge in [-0.25, -0.2) is 4.98 Å². The molecule has 8 nitrogen and oxygen atoms in total. The Hall–Kier alpha value is -3.56. The van der Waals surface area contributed by atoms with Gasteiger partial charge in [0, 0.05) is 25.1 Å². The van der Waals surface area contributed by atoms with Crippen LogP contribution >= 0.6 is 11.3 Å². The molecule has 0 spiro atoms. The Morgan fingerprint density at radius 3 is 2.66 bits per heavy atom. The summed E-state index contributed by atoms with van der Waals surface area (Å²) >= 11 is 1.59. The Morgan fingerprint density at radius 2 is 1.95 bits per heavy atom. The normalized spacial score (nSPS) is 20.7. The van der Waals surface area contributed by atoms with E-state index in [9.17, 15) is 24.6 Å². The number of aromatic nitrogens is 1. The number of hydrogen-bond acceptors (Lipinski definition) is 6. The summed E-state index contributed by atoms with van der Waals surface area (Å²) < 4.78 is 0. The van der Waals surface area contributed by atoms with Gasteiger partial charge in [0.2, 0.25) is 5.91 Å². The van der Waals surface area contributed by atoms with E-state index < -0.39 is 18.1 Å². The lowest BCUT2D eigenvalue weighted by atomic mass is 9.80. The highest BCUT2D eigenvalue weighted by atomic mass is 32.1. The molecule has 9 heteroatoms. The van der Waals surface area contributed by atoms with E-state index >= 15 is 0 Å². The summed E-state index contributed by atoms with van der Waals surface area (Å²) in [5.74, 6) is -1.61. The quantitative estimate of drug-likeness (QED) is 0.424. The molecule has 0 saturated carbocycles. The molecule has 1 unspecified atom stereocenters. The van der Waals surface area contributed by atoms with Crippen LogP contribution in [-0.4, -0.2) is 56.6 Å². The van der Waals surface area contributed by atoms with Gasteiger partial charge < -0.3 is 20.4 Å². The minimum Gasteiger partial charge on any atom is -0.481 e. The number of carbonyl (C=O) groups excluding carboxylic acids is 2. The fourth-order valence-corrected chi connectivity index (χ4v) is 6.38. The number of fused-ring (bicyclic) bond motifs is 1. The van der Waals surface area contributed by atoms with E-state index in [4.69, 9.17) is 0 Å². The minimum absolute atomic E-state index is 0.0307. The number of β-amino-alcohol motifs (C(OH)–C–C–N with tert-alkyl or cyclic N) is 1. The van der Waals surface area contributed by atoms with E-state index in [1.807, 2.05) is 42.8 Å². The van der Waals surface area contributed by atoms with Crippen molar-refractivity contribution in [3.8, 4) is 10.4 Å². The van der Waals surface area contributed by atoms with Gasteiger partial charge in [0.05, 0.1) is 28.6 Å². The van der Waals surface area contributed by atoms with Crippen molar-refractivity contribution in [2.75, 3.05) is 6.54 Å². The Kier molecular flexibility index (Phi) is 7.58. The highest BCUT2D eigenvalue weighted by molar-refractivity contribution is 7.13. The first-order chi connectivity index (χ1) is 18.3. The van der Waals surface area contributed by atoms with E-state index in [1.165, 1.54) is 4.90 Å². The molecule has 1 aliphatic carbocycles. The van der Waals surface area contributed by atoms with Crippen molar-refractivity contribution < 1.29 is 24.6 Å². The van der Waals surface area contributed by atoms with Crippen molar-refractivity contribution in [2.24, 2.45) is 0 Å². The number of amides is 2. The Morgan fingerprint density at radius 1 is 1.16 bits per heavy atom. The Balaban J connectivity index is 1.27. The Bertz CT molecular complexity index is 1350. The molecular weight excluding hydrogens is 502 g/mol. The molecule has 38 heavy (non-hydrogen) atoms. The molecule has 2 heterocycles. The van der Waals surface area contributed by atoms with E-state index in [0.29, 0.717) is 12.1 Å². The average molecular weight is 534 g/mol. The van der Waals surface area contributed by atoms with Crippen LogP contribution in [0.3, 0.4) is 0 Å². The van der Waals surface area contributed by atoms with Gasteiger partial charge in [-0.2, -0.15) is 0 Å². The number of nitrogens with one attached hydrogen (secondary N) is 1. The molecule has 3 N–H and O–H groups in total. The van der Waals surface area contributed by atoms with Gasteiger partial charge in [-0.05, 0) is 66.5 Å². The van der Waals surface area contributed by atoms with E-state index in [2.05, 4.69) is 10.3 Å². The van der Waals surface area contributed by atoms with Crippen molar-refractivity contribution in [3.63, 3.8) is 0 Å². The number of hydrogen-bond donors (Lipinski definition) is 3. The number of rotatable bonds is 7. The van der Waals surface area contributed by atoms with Crippen LogP contribution in [0.4, 0.5) is 0 Å². The summed E-state index contributed by atoms with van der Waals surface area (Å²) in [6.45, 7) is 2.36. The number of likely N-dealkylation sites (tertiary alicyclic amines) is 1. The van der Waals surface area contributed by atoms with Crippen LogP contribution in [0.1, 0.15) is 64.3 Å². The van der Waals surface area contributed by atoms with Crippen molar-refractivity contribution in [1.82, 2.24) is 15.2 Å². The maximum absolute atomic E-state index is 13.5. The van der Waals surface area contributed by atoms with Gasteiger partial charge in [-0.3, -0.25) is 14.4 Å². The summed E-state index contributed by atoms with van der Waals surface area (Å²) in [6, 6.07) is 12.6. The number of carboxylic acid groups (broad SMARTS) is 1. The summed E-state index contributed by atoms with van der Waals surface area (Å²) in [5, 5.41) is 22.6. The van der Waals surface area contributed by atoms with Crippen molar-refractivity contribution >= 4 is 29.1 Å². The number of aliphatic hydroxyl groups excluding tert-OH is 1. The predicted octanol–water partition coefficient (Wildman–Crippen LogP) is 3.90. The number of benzene rings is 2. The molecule has 198 valence electrons. The Labute approximate surface area is 225 Å². The number of thiazole rings is 1. The van der Waals surface area contributed by atoms with Gasteiger partial charge >= 0.3 is 5.97 Å². The van der Waals surface area contributed by atoms with Crippen LogP contribution < -0.4 is 5.32 Å². The van der Waals surface area contributed by atoms with Crippen LogP contribution in [0.5, 0.6) is 0 Å². The largest absolute Gasteiger partial charge is 0.481 e. The van der Waals surface area contributed by atoms with Gasteiger partial charge in [0.25, 0.3) is 5.91 Å². The third-order valence-electron chi connectivity index (χ3n) is 7.52.